The topological polar surface area (TPSA) is 181 Å². The largest absolute Gasteiger partial charge is 0.482 e. The maximum atomic E-state index is 12.2. The van der Waals surface area contributed by atoms with E-state index in [1.54, 1.807) is 0 Å². The Morgan fingerprint density at radius 2 is 1.85 bits per heavy atom. The number of nitrogen functional groups attached to an aromatic ring is 2. The van der Waals surface area contributed by atoms with E-state index in [1.165, 1.54) is 0 Å². The predicted octanol–water partition coefficient (Wildman–Crippen LogP) is 1.69. The molecule has 0 unspecified atom stereocenters. The average Bonchev–Trinajstić information content (AvgIpc) is 2.79. The van der Waals surface area contributed by atoms with Gasteiger partial charge in [0, 0.05) is 6.54 Å². The minimum Gasteiger partial charge on any atom is -0.482 e. The maximum Gasteiger partial charge on any atom is 0.344 e. The normalized spacial score (nSPS) is 11.2. The molecule has 33 heavy (non-hydrogen) atoms. The number of aryl methyl sites for hydroxylation is 1. The second-order valence-electron chi connectivity index (χ2n) is 6.96. The number of anilines is 2. The number of aliphatic imine (C=N–C) groups is 1. The van der Waals surface area contributed by atoms with Crippen LogP contribution >= 0.6 is 11.6 Å². The highest BCUT2D eigenvalue weighted by molar-refractivity contribution is 6.31. The summed E-state index contributed by atoms with van der Waals surface area (Å²) >= 11 is 5.77. The Morgan fingerprint density at radius 3 is 2.55 bits per heavy atom. The lowest BCUT2D eigenvalue weighted by molar-refractivity contribution is -0.146. The molecule has 0 aliphatic heterocycles. The number of amides is 1. The molecule has 0 atom stereocenters. The quantitative estimate of drug-likeness (QED) is 0.162. The van der Waals surface area contributed by atoms with E-state index in [9.17, 15) is 9.59 Å². The third kappa shape index (κ3) is 8.81. The van der Waals surface area contributed by atoms with Crippen LogP contribution in [0.15, 0.2) is 29.3 Å². The first-order valence-electron chi connectivity index (χ1n) is 10.4. The Balaban J connectivity index is 1.70. The molecule has 0 bridgehead atoms. The highest BCUT2D eigenvalue weighted by Crippen LogP contribution is 2.17. The maximum absolute atomic E-state index is 12.2. The van der Waals surface area contributed by atoms with Gasteiger partial charge in [-0.3, -0.25) is 15.1 Å². The molecule has 11 nitrogen and oxygen atoms in total. The number of rotatable bonds is 11. The summed E-state index contributed by atoms with van der Waals surface area (Å²) in [5.41, 5.74) is 17.8. The van der Waals surface area contributed by atoms with Crippen LogP contribution in [0.2, 0.25) is 5.15 Å². The van der Waals surface area contributed by atoms with Gasteiger partial charge in [-0.2, -0.15) is 0 Å². The van der Waals surface area contributed by atoms with Crippen molar-refractivity contribution in [3.8, 4) is 5.75 Å². The van der Waals surface area contributed by atoms with Gasteiger partial charge >= 0.3 is 5.97 Å². The molecule has 12 heteroatoms. The molecule has 1 amide bonds. The summed E-state index contributed by atoms with van der Waals surface area (Å²) in [6.45, 7) is 2.64. The minimum absolute atomic E-state index is 0.0619. The molecule has 1 aromatic heterocycles. The number of unbranched alkanes of at least 4 members (excludes halogenated alkanes) is 1. The standard InChI is InChI=1S/C21H28ClN7O4/c1-2-11-32-15(30)12-33-14-8-6-13(7-9-14)5-3-4-10-26-21(25)29-20(31)16-18(23)28-19(24)17(22)27-16/h6-9H,2-5,10-12H2,1H3,(H4,23,24,28)(H3,25,26,29,31). The molecule has 0 saturated heterocycles. The average molecular weight is 478 g/mol. The number of carbonyl (C=O) groups is 2. The number of guanidine groups is 1. The highest BCUT2D eigenvalue weighted by Gasteiger charge is 2.16. The van der Waals surface area contributed by atoms with Crippen molar-refractivity contribution in [1.29, 1.82) is 0 Å². The van der Waals surface area contributed by atoms with Gasteiger partial charge < -0.3 is 26.7 Å². The van der Waals surface area contributed by atoms with Crippen molar-refractivity contribution >= 4 is 41.1 Å². The van der Waals surface area contributed by atoms with E-state index < -0.39 is 5.91 Å². The molecule has 0 radical (unpaired) electrons. The number of benzene rings is 1. The van der Waals surface area contributed by atoms with Crippen molar-refractivity contribution in [3.05, 3.63) is 40.7 Å². The van der Waals surface area contributed by atoms with Crippen LogP contribution in [0, 0.1) is 0 Å². The fourth-order valence-corrected chi connectivity index (χ4v) is 2.74. The lowest BCUT2D eigenvalue weighted by Crippen LogP contribution is -2.38. The number of hydrogen-bond donors (Lipinski definition) is 4. The van der Waals surface area contributed by atoms with E-state index in [2.05, 4.69) is 20.3 Å². The zero-order chi connectivity index (χ0) is 24.2. The lowest BCUT2D eigenvalue weighted by Gasteiger charge is -2.08. The number of halogens is 1. The Bertz CT molecular complexity index is 983. The van der Waals surface area contributed by atoms with Crippen LogP contribution in [0.25, 0.3) is 0 Å². The fraction of sp³-hybridized carbons (Fsp3) is 0.381. The number of carbonyl (C=O) groups excluding carboxylic acids is 2. The van der Waals surface area contributed by atoms with Gasteiger partial charge in [-0.05, 0) is 43.4 Å². The summed E-state index contributed by atoms with van der Waals surface area (Å²) in [7, 11) is 0. The van der Waals surface area contributed by atoms with E-state index in [-0.39, 0.29) is 41.0 Å². The molecule has 0 aliphatic rings. The SMILES string of the molecule is CCCOC(=O)COc1ccc(CCCCN=C(N)NC(=O)c2nc(Cl)c(N)nc2N)cc1. The lowest BCUT2D eigenvalue weighted by atomic mass is 10.1. The zero-order valence-corrected chi connectivity index (χ0v) is 19.1. The van der Waals surface area contributed by atoms with Crippen molar-refractivity contribution in [2.45, 2.75) is 32.6 Å². The number of nitrogens with zero attached hydrogens (tertiary/aromatic N) is 3. The third-order valence-corrected chi connectivity index (χ3v) is 4.54. The first kappa shape index (κ1) is 25.7. The molecule has 0 aliphatic carbocycles. The molecule has 7 N–H and O–H groups in total. The van der Waals surface area contributed by atoms with Gasteiger partial charge in [-0.15, -0.1) is 0 Å². The van der Waals surface area contributed by atoms with Gasteiger partial charge in [-0.1, -0.05) is 30.7 Å². The summed E-state index contributed by atoms with van der Waals surface area (Å²) < 4.78 is 10.4. The van der Waals surface area contributed by atoms with Gasteiger partial charge in [0.2, 0.25) is 0 Å². The molecule has 1 aromatic carbocycles. The van der Waals surface area contributed by atoms with Gasteiger partial charge in [0.15, 0.2) is 35.0 Å². The van der Waals surface area contributed by atoms with Crippen LogP contribution in [-0.4, -0.2) is 47.6 Å². The smallest absolute Gasteiger partial charge is 0.344 e. The minimum atomic E-state index is -0.677. The number of hydrogen-bond acceptors (Lipinski definition) is 9. The second kappa shape index (κ2) is 13.1. The molecule has 2 rings (SSSR count). The predicted molar refractivity (Wildman–Crippen MR) is 126 cm³/mol. The van der Waals surface area contributed by atoms with Crippen molar-refractivity contribution in [3.63, 3.8) is 0 Å². The molecule has 0 saturated carbocycles. The second-order valence-corrected chi connectivity index (χ2v) is 7.32. The van der Waals surface area contributed by atoms with Gasteiger partial charge in [0.25, 0.3) is 5.91 Å². The molecular weight excluding hydrogens is 450 g/mol. The Morgan fingerprint density at radius 1 is 1.12 bits per heavy atom. The monoisotopic (exact) mass is 477 g/mol. The van der Waals surface area contributed by atoms with Crippen LogP contribution in [0.4, 0.5) is 11.6 Å². The van der Waals surface area contributed by atoms with Crippen molar-refractivity contribution in [1.82, 2.24) is 15.3 Å². The summed E-state index contributed by atoms with van der Waals surface area (Å²) in [6, 6.07) is 7.50. The Kier molecular flexibility index (Phi) is 10.2. The first-order valence-corrected chi connectivity index (χ1v) is 10.7. The van der Waals surface area contributed by atoms with Crippen molar-refractivity contribution in [2.24, 2.45) is 10.7 Å². The highest BCUT2D eigenvalue weighted by atomic mass is 35.5. The number of nitrogens with one attached hydrogen (secondary N) is 1. The van der Waals surface area contributed by atoms with Crippen molar-refractivity contribution < 1.29 is 19.1 Å². The van der Waals surface area contributed by atoms with Gasteiger partial charge in [-0.25, -0.2) is 14.8 Å². The Hall–Kier alpha value is -3.60. The number of nitrogens with two attached hydrogens (primary N) is 3. The summed E-state index contributed by atoms with van der Waals surface area (Å²) in [5, 5.41) is 2.26. The van der Waals surface area contributed by atoms with E-state index in [4.69, 9.17) is 38.3 Å². The third-order valence-electron chi connectivity index (χ3n) is 4.26. The van der Waals surface area contributed by atoms with Crippen LogP contribution < -0.4 is 27.3 Å². The zero-order valence-electron chi connectivity index (χ0n) is 18.3. The molecule has 178 valence electrons. The summed E-state index contributed by atoms with van der Waals surface area (Å²) in [6.07, 6.45) is 3.22. The molecule has 1 heterocycles. The van der Waals surface area contributed by atoms with Gasteiger partial charge in [0.1, 0.15) is 5.75 Å². The van der Waals surface area contributed by atoms with Crippen LogP contribution in [0.5, 0.6) is 5.75 Å². The first-order chi connectivity index (χ1) is 15.8. The number of aromatic nitrogens is 2. The number of ether oxygens (including phenoxy) is 2. The molecule has 0 fully saturated rings. The summed E-state index contributed by atoms with van der Waals surface area (Å²) in [4.78, 5) is 35.3. The fourth-order valence-electron chi connectivity index (χ4n) is 2.62. The van der Waals surface area contributed by atoms with E-state index in [0.29, 0.717) is 18.9 Å². The number of esters is 1. The van der Waals surface area contributed by atoms with Crippen molar-refractivity contribution in [2.75, 3.05) is 31.2 Å². The van der Waals surface area contributed by atoms with Gasteiger partial charge in [0.05, 0.1) is 6.61 Å². The van der Waals surface area contributed by atoms with E-state index in [0.717, 1.165) is 31.2 Å². The van der Waals surface area contributed by atoms with Crippen LogP contribution in [0.3, 0.4) is 0 Å². The molecular formula is C21H28ClN7O4. The summed E-state index contributed by atoms with van der Waals surface area (Å²) in [5.74, 6) is -0.743. The van der Waals surface area contributed by atoms with Crippen LogP contribution in [0.1, 0.15) is 42.2 Å². The molecule has 2 aromatic rings. The van der Waals surface area contributed by atoms with E-state index >= 15 is 0 Å². The van der Waals surface area contributed by atoms with E-state index in [1.807, 2.05) is 31.2 Å². The molecule has 0 spiro atoms. The van der Waals surface area contributed by atoms with Crippen LogP contribution in [-0.2, 0) is 16.0 Å². The Labute approximate surface area is 196 Å².